The molecule has 96 valence electrons. The summed E-state index contributed by atoms with van der Waals surface area (Å²) in [6.07, 6.45) is 6.81. The lowest BCUT2D eigenvalue weighted by molar-refractivity contribution is 0.206. The summed E-state index contributed by atoms with van der Waals surface area (Å²) in [4.78, 5) is 2.68. The van der Waals surface area contributed by atoms with Gasteiger partial charge in [-0.3, -0.25) is 4.90 Å². The van der Waals surface area contributed by atoms with Gasteiger partial charge in [0.15, 0.2) is 0 Å². The van der Waals surface area contributed by atoms with E-state index in [1.807, 2.05) is 0 Å². The van der Waals surface area contributed by atoms with E-state index in [0.29, 0.717) is 6.04 Å². The minimum absolute atomic E-state index is 0.602. The maximum absolute atomic E-state index is 2.68. The number of hydrogen-bond donors (Lipinski definition) is 0. The number of piperidine rings is 1. The van der Waals surface area contributed by atoms with Gasteiger partial charge in [0, 0.05) is 6.04 Å². The molecular weight excluding hydrogens is 218 g/mol. The quantitative estimate of drug-likeness (QED) is 0.770. The summed E-state index contributed by atoms with van der Waals surface area (Å²) in [6.45, 7) is 4.97. The average Bonchev–Trinajstić information content (AvgIpc) is 3.26. The van der Waals surface area contributed by atoms with E-state index in [-0.39, 0.29) is 0 Å². The van der Waals surface area contributed by atoms with Crippen LogP contribution in [0.5, 0.6) is 0 Å². The topological polar surface area (TPSA) is 3.24 Å². The molecule has 1 nitrogen and oxygen atoms in total. The fraction of sp³-hybridized carbons (Fsp3) is 0.529. The third-order valence-electron chi connectivity index (χ3n) is 4.32. The van der Waals surface area contributed by atoms with Gasteiger partial charge >= 0.3 is 0 Å². The number of allylic oxidation sites excluding steroid dienone is 1. The summed E-state index contributed by atoms with van der Waals surface area (Å²) in [7, 11) is 0. The predicted octanol–water partition coefficient (Wildman–Crippen LogP) is 4.11. The van der Waals surface area contributed by atoms with E-state index >= 15 is 0 Å². The van der Waals surface area contributed by atoms with E-state index in [1.54, 1.807) is 11.1 Å². The van der Waals surface area contributed by atoms with Crippen molar-refractivity contribution < 1.29 is 0 Å². The lowest BCUT2D eigenvalue weighted by Gasteiger charge is -2.34. The van der Waals surface area contributed by atoms with Crippen LogP contribution in [0.25, 0.3) is 5.57 Å². The third kappa shape index (κ3) is 2.51. The number of benzene rings is 1. The molecule has 2 aliphatic rings. The Balaban J connectivity index is 1.85. The lowest BCUT2D eigenvalue weighted by atomic mass is 9.95. The Kier molecular flexibility index (Phi) is 3.51. The highest BCUT2D eigenvalue weighted by molar-refractivity contribution is 5.74. The lowest BCUT2D eigenvalue weighted by Crippen LogP contribution is -2.38. The number of nitrogens with zero attached hydrogens (tertiary/aromatic N) is 1. The molecule has 0 N–H and O–H groups in total. The summed E-state index contributed by atoms with van der Waals surface area (Å²) in [5.74, 6) is 0. The molecule has 1 aliphatic carbocycles. The Morgan fingerprint density at radius 3 is 2.28 bits per heavy atom. The van der Waals surface area contributed by atoms with Gasteiger partial charge in [-0.25, -0.2) is 0 Å². The Labute approximate surface area is 111 Å². The van der Waals surface area contributed by atoms with Gasteiger partial charge < -0.3 is 0 Å². The molecule has 2 fully saturated rings. The minimum atomic E-state index is 0.602. The highest BCUT2D eigenvalue weighted by Crippen LogP contribution is 2.39. The largest absolute Gasteiger partial charge is 0.297 e. The number of rotatable bonds is 3. The second-order valence-electron chi connectivity index (χ2n) is 5.66. The fourth-order valence-corrected chi connectivity index (χ4v) is 3.18. The molecule has 0 amide bonds. The molecule has 1 atom stereocenters. The SMILES string of the molecule is CC(C(=C1CC1)c1ccccc1)N1CCCCC1. The van der Waals surface area contributed by atoms with Crippen molar-refractivity contribution in [2.24, 2.45) is 0 Å². The summed E-state index contributed by atoms with van der Waals surface area (Å²) in [5.41, 5.74) is 4.76. The van der Waals surface area contributed by atoms with Crippen LogP contribution in [-0.2, 0) is 0 Å². The minimum Gasteiger partial charge on any atom is -0.297 e. The Hall–Kier alpha value is -1.08. The smallest absolute Gasteiger partial charge is 0.0325 e. The van der Waals surface area contributed by atoms with Crippen molar-refractivity contribution in [2.45, 2.75) is 45.1 Å². The molecule has 1 heterocycles. The molecule has 18 heavy (non-hydrogen) atoms. The maximum Gasteiger partial charge on any atom is 0.0325 e. The highest BCUT2D eigenvalue weighted by atomic mass is 15.2. The zero-order valence-electron chi connectivity index (χ0n) is 11.4. The molecule has 1 unspecified atom stereocenters. The Morgan fingerprint density at radius 2 is 1.67 bits per heavy atom. The van der Waals surface area contributed by atoms with Crippen molar-refractivity contribution in [3.8, 4) is 0 Å². The number of likely N-dealkylation sites (tertiary alicyclic amines) is 1. The monoisotopic (exact) mass is 241 g/mol. The molecule has 0 spiro atoms. The summed E-state index contributed by atoms with van der Waals surface area (Å²) < 4.78 is 0. The standard InChI is InChI=1S/C17H23N/c1-14(18-12-6-3-7-13-18)17(16-10-11-16)15-8-4-2-5-9-15/h2,4-5,8-9,14H,3,6-7,10-13H2,1H3. The molecule has 1 heteroatoms. The molecule has 1 saturated carbocycles. The predicted molar refractivity (Wildman–Crippen MR) is 77.5 cm³/mol. The third-order valence-corrected chi connectivity index (χ3v) is 4.32. The van der Waals surface area contributed by atoms with Crippen molar-refractivity contribution in [3.05, 3.63) is 41.5 Å². The van der Waals surface area contributed by atoms with E-state index in [0.717, 1.165) is 0 Å². The van der Waals surface area contributed by atoms with Crippen molar-refractivity contribution in [2.75, 3.05) is 13.1 Å². The van der Waals surface area contributed by atoms with E-state index in [1.165, 1.54) is 50.8 Å². The van der Waals surface area contributed by atoms with Crippen molar-refractivity contribution in [3.63, 3.8) is 0 Å². The summed E-state index contributed by atoms with van der Waals surface area (Å²) in [5, 5.41) is 0. The molecule has 1 aromatic carbocycles. The molecule has 0 aromatic heterocycles. The van der Waals surface area contributed by atoms with Gasteiger partial charge in [-0.1, -0.05) is 42.3 Å². The van der Waals surface area contributed by atoms with Crippen LogP contribution in [0.4, 0.5) is 0 Å². The van der Waals surface area contributed by atoms with Crippen molar-refractivity contribution in [1.29, 1.82) is 0 Å². The van der Waals surface area contributed by atoms with Gasteiger partial charge in [-0.2, -0.15) is 0 Å². The van der Waals surface area contributed by atoms with Crippen LogP contribution in [0.1, 0.15) is 44.6 Å². The second-order valence-corrected chi connectivity index (χ2v) is 5.66. The van der Waals surface area contributed by atoms with Gasteiger partial charge in [0.1, 0.15) is 0 Å². The molecule has 1 aromatic rings. The van der Waals surface area contributed by atoms with Crippen LogP contribution in [0.2, 0.25) is 0 Å². The van der Waals surface area contributed by atoms with Crippen LogP contribution in [0.15, 0.2) is 35.9 Å². The van der Waals surface area contributed by atoms with Gasteiger partial charge in [-0.05, 0) is 56.8 Å². The molecule has 1 aliphatic heterocycles. The van der Waals surface area contributed by atoms with Gasteiger partial charge in [0.2, 0.25) is 0 Å². The zero-order chi connectivity index (χ0) is 12.4. The van der Waals surface area contributed by atoms with Crippen LogP contribution in [0.3, 0.4) is 0 Å². The summed E-state index contributed by atoms with van der Waals surface area (Å²) in [6, 6.07) is 11.6. The molecule has 0 bridgehead atoms. The van der Waals surface area contributed by atoms with Crippen LogP contribution in [0, 0.1) is 0 Å². The zero-order valence-corrected chi connectivity index (χ0v) is 11.4. The molecule has 3 rings (SSSR count). The van der Waals surface area contributed by atoms with E-state index in [9.17, 15) is 0 Å². The van der Waals surface area contributed by atoms with Gasteiger partial charge in [-0.15, -0.1) is 0 Å². The first-order valence-corrected chi connectivity index (χ1v) is 7.37. The van der Waals surface area contributed by atoms with Crippen LogP contribution < -0.4 is 0 Å². The molecule has 0 radical (unpaired) electrons. The molecular formula is C17H23N. The van der Waals surface area contributed by atoms with E-state index in [4.69, 9.17) is 0 Å². The average molecular weight is 241 g/mol. The fourth-order valence-electron chi connectivity index (χ4n) is 3.18. The normalized spacial score (nSPS) is 21.7. The van der Waals surface area contributed by atoms with E-state index < -0.39 is 0 Å². The van der Waals surface area contributed by atoms with Gasteiger partial charge in [0.05, 0.1) is 0 Å². The van der Waals surface area contributed by atoms with Crippen LogP contribution in [-0.4, -0.2) is 24.0 Å². The Morgan fingerprint density at radius 1 is 1.00 bits per heavy atom. The first kappa shape index (κ1) is 12.0. The highest BCUT2D eigenvalue weighted by Gasteiger charge is 2.27. The Bertz CT molecular complexity index is 420. The maximum atomic E-state index is 2.68. The molecule has 1 saturated heterocycles. The summed E-state index contributed by atoms with van der Waals surface area (Å²) >= 11 is 0. The number of hydrogen-bond acceptors (Lipinski definition) is 1. The van der Waals surface area contributed by atoms with Crippen LogP contribution >= 0.6 is 0 Å². The van der Waals surface area contributed by atoms with Crippen molar-refractivity contribution >= 4 is 5.57 Å². The first-order valence-electron chi connectivity index (χ1n) is 7.37. The van der Waals surface area contributed by atoms with Crippen molar-refractivity contribution in [1.82, 2.24) is 4.90 Å². The van der Waals surface area contributed by atoms with Gasteiger partial charge in [0.25, 0.3) is 0 Å². The first-order chi connectivity index (χ1) is 8.86. The van der Waals surface area contributed by atoms with E-state index in [2.05, 4.69) is 42.2 Å². The second kappa shape index (κ2) is 5.27.